The molecule has 1 fully saturated rings. The van der Waals surface area contributed by atoms with E-state index in [0.29, 0.717) is 24.9 Å². The molecule has 0 aromatic heterocycles. The van der Waals surface area contributed by atoms with Crippen molar-refractivity contribution in [1.29, 1.82) is 0 Å². The predicted molar refractivity (Wildman–Crippen MR) is 92.1 cm³/mol. The van der Waals surface area contributed by atoms with Gasteiger partial charge in [-0.15, -0.1) is 0 Å². The van der Waals surface area contributed by atoms with Crippen molar-refractivity contribution in [2.75, 3.05) is 13.6 Å². The summed E-state index contributed by atoms with van der Waals surface area (Å²) in [6.07, 6.45) is 5.23. The number of benzene rings is 1. The van der Waals surface area contributed by atoms with Crippen LogP contribution in [0.25, 0.3) is 0 Å². The van der Waals surface area contributed by atoms with Crippen LogP contribution in [0.1, 0.15) is 55.8 Å². The minimum Gasteiger partial charge on any atom is -0.352 e. The van der Waals surface area contributed by atoms with Gasteiger partial charge in [0.25, 0.3) is 5.91 Å². The van der Waals surface area contributed by atoms with Gasteiger partial charge in [0, 0.05) is 32.1 Å². The molecule has 0 aliphatic heterocycles. The van der Waals surface area contributed by atoms with Gasteiger partial charge in [-0.25, -0.2) is 8.78 Å². The fourth-order valence-corrected chi connectivity index (χ4v) is 3.22. The summed E-state index contributed by atoms with van der Waals surface area (Å²) in [4.78, 5) is 25.9. The molecule has 2 amide bonds. The first kappa shape index (κ1) is 19.3. The van der Waals surface area contributed by atoms with Crippen molar-refractivity contribution in [3.63, 3.8) is 0 Å². The smallest absolute Gasteiger partial charge is 0.254 e. The largest absolute Gasteiger partial charge is 0.352 e. The van der Waals surface area contributed by atoms with E-state index in [1.807, 2.05) is 11.9 Å². The maximum Gasteiger partial charge on any atom is 0.254 e. The Morgan fingerprint density at radius 1 is 1.20 bits per heavy atom. The van der Waals surface area contributed by atoms with Crippen LogP contribution in [0.5, 0.6) is 0 Å². The molecule has 1 N–H and O–H groups in total. The lowest BCUT2D eigenvalue weighted by Crippen LogP contribution is -2.39. The van der Waals surface area contributed by atoms with Crippen molar-refractivity contribution in [2.24, 2.45) is 5.92 Å². The predicted octanol–water partition coefficient (Wildman–Crippen LogP) is 3.51. The molecular weight excluding hydrogens is 326 g/mol. The highest BCUT2D eigenvalue weighted by atomic mass is 19.1. The van der Waals surface area contributed by atoms with Gasteiger partial charge in [-0.05, 0) is 50.2 Å². The molecule has 1 saturated carbocycles. The Kier molecular flexibility index (Phi) is 6.91. The number of carbonyl (C=O) groups is 2. The first-order valence-corrected chi connectivity index (χ1v) is 8.87. The van der Waals surface area contributed by atoms with Crippen molar-refractivity contribution in [3.8, 4) is 0 Å². The molecular formula is C19H26F2N2O2. The van der Waals surface area contributed by atoms with Crippen LogP contribution in [0.2, 0.25) is 0 Å². The van der Waals surface area contributed by atoms with E-state index in [-0.39, 0.29) is 18.0 Å². The summed E-state index contributed by atoms with van der Waals surface area (Å²) in [5.74, 6) is -1.40. The Morgan fingerprint density at radius 2 is 1.88 bits per heavy atom. The molecule has 1 aliphatic rings. The van der Waals surface area contributed by atoms with Crippen LogP contribution >= 0.6 is 0 Å². The third-order valence-electron chi connectivity index (χ3n) is 4.96. The zero-order valence-electron chi connectivity index (χ0n) is 14.9. The molecule has 25 heavy (non-hydrogen) atoms. The molecule has 0 unspecified atom stereocenters. The quantitative estimate of drug-likeness (QED) is 0.797. The van der Waals surface area contributed by atoms with Gasteiger partial charge in [0.2, 0.25) is 5.91 Å². The number of hydrogen-bond donors (Lipinski definition) is 1. The average Bonchev–Trinajstić information content (AvgIpc) is 2.58. The molecule has 0 bridgehead atoms. The summed E-state index contributed by atoms with van der Waals surface area (Å²) in [7, 11) is 1.84. The first-order chi connectivity index (χ1) is 11.9. The lowest BCUT2D eigenvalue weighted by Gasteiger charge is -2.33. The zero-order valence-corrected chi connectivity index (χ0v) is 14.9. The van der Waals surface area contributed by atoms with E-state index < -0.39 is 17.5 Å². The molecule has 0 atom stereocenters. The topological polar surface area (TPSA) is 49.4 Å². The summed E-state index contributed by atoms with van der Waals surface area (Å²) >= 11 is 0. The third kappa shape index (κ3) is 5.51. The van der Waals surface area contributed by atoms with Crippen LogP contribution < -0.4 is 5.32 Å². The van der Waals surface area contributed by atoms with Crippen molar-refractivity contribution < 1.29 is 18.4 Å². The number of hydrogen-bond acceptors (Lipinski definition) is 2. The highest BCUT2D eigenvalue weighted by Gasteiger charge is 2.24. The normalized spacial score (nSPS) is 20.2. The van der Waals surface area contributed by atoms with Crippen LogP contribution in [-0.2, 0) is 4.79 Å². The molecule has 0 heterocycles. The van der Waals surface area contributed by atoms with E-state index in [9.17, 15) is 18.4 Å². The van der Waals surface area contributed by atoms with Crippen molar-refractivity contribution in [3.05, 3.63) is 35.4 Å². The van der Waals surface area contributed by atoms with Gasteiger partial charge in [-0.1, -0.05) is 6.92 Å². The van der Waals surface area contributed by atoms with E-state index in [4.69, 9.17) is 0 Å². The van der Waals surface area contributed by atoms with E-state index in [0.717, 1.165) is 43.7 Å². The van der Waals surface area contributed by atoms with Gasteiger partial charge in [-0.2, -0.15) is 0 Å². The Bertz CT molecular complexity index is 613. The molecule has 0 saturated heterocycles. The third-order valence-corrected chi connectivity index (χ3v) is 4.96. The Hall–Kier alpha value is -1.98. The molecule has 6 heteroatoms. The van der Waals surface area contributed by atoms with Gasteiger partial charge >= 0.3 is 0 Å². The lowest BCUT2D eigenvalue weighted by atomic mass is 9.86. The Morgan fingerprint density at radius 3 is 2.52 bits per heavy atom. The molecule has 0 radical (unpaired) electrons. The monoisotopic (exact) mass is 352 g/mol. The Labute approximate surface area is 147 Å². The van der Waals surface area contributed by atoms with Gasteiger partial charge in [0.15, 0.2) is 0 Å². The fraction of sp³-hybridized carbons (Fsp3) is 0.579. The minimum absolute atomic E-state index is 0.0711. The second kappa shape index (κ2) is 8.92. The van der Waals surface area contributed by atoms with E-state index in [1.54, 1.807) is 0 Å². The SMILES string of the molecule is CC1CCC(N(C)C(=O)CCCNC(=O)c2ccc(F)cc2F)CC1. The zero-order chi connectivity index (χ0) is 18.4. The number of halogens is 2. The standard InChI is InChI=1S/C19H26F2N2O2/c1-13-5-8-15(9-6-13)23(2)18(24)4-3-11-22-19(25)16-10-7-14(20)12-17(16)21/h7,10,12-13,15H,3-6,8-9,11H2,1-2H3,(H,22,25). The minimum atomic E-state index is -0.889. The summed E-state index contributed by atoms with van der Waals surface area (Å²) in [6, 6.07) is 3.15. The van der Waals surface area contributed by atoms with E-state index in [1.165, 1.54) is 0 Å². The van der Waals surface area contributed by atoms with E-state index in [2.05, 4.69) is 12.2 Å². The number of nitrogens with one attached hydrogen (secondary N) is 1. The van der Waals surface area contributed by atoms with Crippen LogP contribution in [0.15, 0.2) is 18.2 Å². The highest BCUT2D eigenvalue weighted by molar-refractivity contribution is 5.94. The molecule has 1 aromatic rings. The van der Waals surface area contributed by atoms with Crippen molar-refractivity contribution in [1.82, 2.24) is 10.2 Å². The molecule has 4 nitrogen and oxygen atoms in total. The Balaban J connectivity index is 1.71. The van der Waals surface area contributed by atoms with Crippen molar-refractivity contribution >= 4 is 11.8 Å². The molecule has 2 rings (SSSR count). The fourth-order valence-electron chi connectivity index (χ4n) is 3.22. The van der Waals surface area contributed by atoms with Crippen LogP contribution in [-0.4, -0.2) is 36.3 Å². The summed E-state index contributed by atoms with van der Waals surface area (Å²) in [6.45, 7) is 2.52. The van der Waals surface area contributed by atoms with Gasteiger partial charge in [0.1, 0.15) is 11.6 Å². The average molecular weight is 352 g/mol. The van der Waals surface area contributed by atoms with Gasteiger partial charge < -0.3 is 10.2 Å². The van der Waals surface area contributed by atoms with Crippen LogP contribution in [0, 0.1) is 17.6 Å². The number of amides is 2. The van der Waals surface area contributed by atoms with E-state index >= 15 is 0 Å². The summed E-state index contributed by atoms with van der Waals surface area (Å²) in [5, 5.41) is 2.57. The maximum atomic E-state index is 13.5. The maximum absolute atomic E-state index is 13.5. The second-order valence-electron chi connectivity index (χ2n) is 6.90. The van der Waals surface area contributed by atoms with Gasteiger partial charge in [-0.3, -0.25) is 9.59 Å². The number of carbonyl (C=O) groups excluding carboxylic acids is 2. The first-order valence-electron chi connectivity index (χ1n) is 8.87. The molecule has 1 aliphatic carbocycles. The number of nitrogens with zero attached hydrogens (tertiary/aromatic N) is 1. The molecule has 0 spiro atoms. The van der Waals surface area contributed by atoms with Gasteiger partial charge in [0.05, 0.1) is 5.56 Å². The molecule has 1 aromatic carbocycles. The van der Waals surface area contributed by atoms with Crippen LogP contribution in [0.3, 0.4) is 0 Å². The van der Waals surface area contributed by atoms with Crippen molar-refractivity contribution in [2.45, 2.75) is 51.5 Å². The summed E-state index contributed by atoms with van der Waals surface area (Å²) in [5.41, 5.74) is -0.193. The molecule has 138 valence electrons. The second-order valence-corrected chi connectivity index (χ2v) is 6.90. The highest BCUT2D eigenvalue weighted by Crippen LogP contribution is 2.26. The number of rotatable bonds is 6. The van der Waals surface area contributed by atoms with Crippen LogP contribution in [0.4, 0.5) is 8.78 Å². The summed E-state index contributed by atoms with van der Waals surface area (Å²) < 4.78 is 26.4. The lowest BCUT2D eigenvalue weighted by molar-refractivity contribution is -0.132.